The van der Waals surface area contributed by atoms with E-state index in [-0.39, 0.29) is 11.2 Å². The minimum atomic E-state index is -0.386. The highest BCUT2D eigenvalue weighted by atomic mass is 79.9. The smallest absolute Gasteiger partial charge is 0.331 e. The fourth-order valence-corrected chi connectivity index (χ4v) is 3.25. The zero-order chi connectivity index (χ0) is 13.7. The lowest BCUT2D eigenvalue weighted by Gasteiger charge is -2.00. The first kappa shape index (κ1) is 12.4. The van der Waals surface area contributed by atoms with Crippen LogP contribution in [0, 0.1) is 0 Å². The van der Waals surface area contributed by atoms with Crippen molar-refractivity contribution in [3.8, 4) is 10.7 Å². The number of nitrogens with one attached hydrogen (secondary N) is 1. The second-order valence-corrected chi connectivity index (χ2v) is 5.95. The molecule has 0 bridgehead atoms. The molecule has 0 aliphatic carbocycles. The number of fused-ring (bicyclic) bond motifs is 1. The van der Waals surface area contributed by atoms with Crippen molar-refractivity contribution in [1.29, 1.82) is 0 Å². The molecular formula is C11H9BrN4O2S. The Balaban J connectivity index is 2.39. The summed E-state index contributed by atoms with van der Waals surface area (Å²) in [6, 6.07) is 1.91. The van der Waals surface area contributed by atoms with E-state index in [1.807, 2.05) is 11.4 Å². The molecule has 1 N–H and O–H groups in total. The molecule has 3 aromatic heterocycles. The Morgan fingerprint density at radius 3 is 2.68 bits per heavy atom. The molecule has 98 valence electrons. The standard InChI is InChI=1S/C11H9BrN4O2S/c1-15-9-7(10(17)16(2)11(15)18)13-8(14-9)6-3-5(12)4-19-6/h3-4H,1-2H3,(H,13,14). The summed E-state index contributed by atoms with van der Waals surface area (Å²) in [5.74, 6) is 0.587. The third kappa shape index (κ3) is 1.79. The average molecular weight is 341 g/mol. The molecule has 8 heteroatoms. The first-order valence-electron chi connectivity index (χ1n) is 5.39. The maximum Gasteiger partial charge on any atom is 0.332 e. The number of hydrogen-bond donors (Lipinski definition) is 1. The minimum Gasteiger partial charge on any atom is -0.331 e. The van der Waals surface area contributed by atoms with E-state index in [9.17, 15) is 9.59 Å². The molecule has 19 heavy (non-hydrogen) atoms. The van der Waals surface area contributed by atoms with Gasteiger partial charge in [-0.25, -0.2) is 9.78 Å². The summed E-state index contributed by atoms with van der Waals surface area (Å²) >= 11 is 4.87. The highest BCUT2D eigenvalue weighted by molar-refractivity contribution is 9.10. The van der Waals surface area contributed by atoms with Crippen molar-refractivity contribution in [1.82, 2.24) is 19.1 Å². The molecule has 0 fully saturated rings. The maximum atomic E-state index is 12.0. The van der Waals surface area contributed by atoms with Crippen molar-refractivity contribution in [3.63, 3.8) is 0 Å². The van der Waals surface area contributed by atoms with Crippen LogP contribution in [0.2, 0.25) is 0 Å². The van der Waals surface area contributed by atoms with Crippen molar-refractivity contribution in [3.05, 3.63) is 36.8 Å². The van der Waals surface area contributed by atoms with Gasteiger partial charge in [0.15, 0.2) is 11.5 Å². The molecule has 0 saturated carbocycles. The number of aromatic amines is 1. The topological polar surface area (TPSA) is 72.7 Å². The lowest BCUT2D eigenvalue weighted by atomic mass is 10.4. The summed E-state index contributed by atoms with van der Waals surface area (Å²) in [7, 11) is 3.05. The summed E-state index contributed by atoms with van der Waals surface area (Å²) in [6.45, 7) is 0. The lowest BCUT2D eigenvalue weighted by Crippen LogP contribution is -2.36. The molecule has 3 aromatic rings. The van der Waals surface area contributed by atoms with E-state index in [2.05, 4.69) is 25.9 Å². The van der Waals surface area contributed by atoms with E-state index in [4.69, 9.17) is 0 Å². The molecule has 0 spiro atoms. The Kier molecular flexibility index (Phi) is 2.72. The molecule has 3 rings (SSSR count). The van der Waals surface area contributed by atoms with E-state index < -0.39 is 0 Å². The number of aromatic nitrogens is 4. The number of aryl methyl sites for hydroxylation is 1. The van der Waals surface area contributed by atoms with Crippen LogP contribution in [0.1, 0.15) is 0 Å². The van der Waals surface area contributed by atoms with E-state index in [0.717, 1.165) is 13.9 Å². The van der Waals surface area contributed by atoms with Crippen molar-refractivity contribution >= 4 is 38.4 Å². The van der Waals surface area contributed by atoms with Crippen molar-refractivity contribution in [2.24, 2.45) is 14.1 Å². The number of imidazole rings is 1. The Morgan fingerprint density at radius 2 is 2.05 bits per heavy atom. The van der Waals surface area contributed by atoms with E-state index >= 15 is 0 Å². The van der Waals surface area contributed by atoms with Crippen molar-refractivity contribution in [2.75, 3.05) is 0 Å². The number of nitrogens with zero attached hydrogens (tertiary/aromatic N) is 3. The minimum absolute atomic E-state index is 0.337. The van der Waals surface area contributed by atoms with Crippen LogP contribution < -0.4 is 11.2 Å². The molecule has 0 aliphatic rings. The molecule has 0 aliphatic heterocycles. The van der Waals surface area contributed by atoms with Crippen molar-refractivity contribution < 1.29 is 0 Å². The quantitative estimate of drug-likeness (QED) is 0.728. The lowest BCUT2D eigenvalue weighted by molar-refractivity contribution is 0.709. The van der Waals surface area contributed by atoms with Gasteiger partial charge in [0.25, 0.3) is 5.56 Å². The van der Waals surface area contributed by atoms with Crippen LogP contribution in [-0.4, -0.2) is 19.1 Å². The summed E-state index contributed by atoms with van der Waals surface area (Å²) in [5.41, 5.74) is -0.0490. The summed E-state index contributed by atoms with van der Waals surface area (Å²) in [4.78, 5) is 32.1. The van der Waals surface area contributed by atoms with Crippen LogP contribution in [-0.2, 0) is 14.1 Å². The molecule has 0 radical (unpaired) electrons. The Labute approximate surface area is 119 Å². The normalized spacial score (nSPS) is 11.3. The molecule has 0 amide bonds. The van der Waals surface area contributed by atoms with Gasteiger partial charge >= 0.3 is 5.69 Å². The van der Waals surface area contributed by atoms with Crippen LogP contribution in [0.5, 0.6) is 0 Å². The third-order valence-corrected chi connectivity index (χ3v) is 4.59. The molecule has 0 saturated heterocycles. The maximum absolute atomic E-state index is 12.0. The molecule has 6 nitrogen and oxygen atoms in total. The van der Waals surface area contributed by atoms with Gasteiger partial charge in [-0.1, -0.05) is 0 Å². The number of thiophene rings is 1. The van der Waals surface area contributed by atoms with Crippen molar-refractivity contribution in [2.45, 2.75) is 0 Å². The van der Waals surface area contributed by atoms with Gasteiger partial charge in [0, 0.05) is 23.9 Å². The number of rotatable bonds is 1. The second kappa shape index (κ2) is 4.17. The Morgan fingerprint density at radius 1 is 1.32 bits per heavy atom. The SMILES string of the molecule is Cn1c(=O)c2[nH]c(-c3cc(Br)cs3)nc2n(C)c1=O. The van der Waals surface area contributed by atoms with Gasteiger partial charge < -0.3 is 4.98 Å². The largest absolute Gasteiger partial charge is 0.332 e. The van der Waals surface area contributed by atoms with Crippen LogP contribution in [0.25, 0.3) is 21.9 Å². The van der Waals surface area contributed by atoms with Crippen LogP contribution in [0.15, 0.2) is 25.5 Å². The van der Waals surface area contributed by atoms with Crippen LogP contribution in [0.4, 0.5) is 0 Å². The van der Waals surface area contributed by atoms with Crippen LogP contribution in [0.3, 0.4) is 0 Å². The monoisotopic (exact) mass is 340 g/mol. The van der Waals surface area contributed by atoms with Gasteiger partial charge in [0.1, 0.15) is 5.52 Å². The fourth-order valence-electron chi connectivity index (χ4n) is 1.88. The fraction of sp³-hybridized carbons (Fsp3) is 0.182. The predicted molar refractivity (Wildman–Crippen MR) is 77.6 cm³/mol. The number of H-pyrrole nitrogens is 1. The summed E-state index contributed by atoms with van der Waals surface area (Å²) < 4.78 is 3.38. The third-order valence-electron chi connectivity index (χ3n) is 2.90. The number of halogens is 1. The molecule has 3 heterocycles. The summed E-state index contributed by atoms with van der Waals surface area (Å²) in [5, 5.41) is 1.93. The zero-order valence-corrected chi connectivity index (χ0v) is 12.5. The Bertz CT molecular complexity index is 902. The van der Waals surface area contributed by atoms with Gasteiger partial charge in [0.2, 0.25) is 0 Å². The zero-order valence-electron chi connectivity index (χ0n) is 10.1. The number of hydrogen-bond acceptors (Lipinski definition) is 4. The summed E-state index contributed by atoms with van der Waals surface area (Å²) in [6.07, 6.45) is 0. The van der Waals surface area contributed by atoms with Gasteiger partial charge in [-0.15, -0.1) is 11.3 Å². The predicted octanol–water partition coefficient (Wildman–Crippen LogP) is 1.45. The first-order valence-corrected chi connectivity index (χ1v) is 7.06. The molecule has 0 aromatic carbocycles. The van der Waals surface area contributed by atoms with E-state index in [1.165, 1.54) is 23.0 Å². The highest BCUT2D eigenvalue weighted by Gasteiger charge is 2.14. The molecule has 0 atom stereocenters. The van der Waals surface area contributed by atoms with E-state index in [1.54, 1.807) is 7.05 Å². The molecular weight excluding hydrogens is 332 g/mol. The highest BCUT2D eigenvalue weighted by Crippen LogP contribution is 2.28. The van der Waals surface area contributed by atoms with Crippen LogP contribution >= 0.6 is 27.3 Å². The van der Waals surface area contributed by atoms with E-state index in [0.29, 0.717) is 17.0 Å². The van der Waals surface area contributed by atoms with Gasteiger partial charge in [-0.3, -0.25) is 13.9 Å². The second-order valence-electron chi connectivity index (χ2n) is 4.12. The van der Waals surface area contributed by atoms with Gasteiger partial charge in [0.05, 0.1) is 4.88 Å². The van der Waals surface area contributed by atoms with Gasteiger partial charge in [-0.05, 0) is 22.0 Å². The molecule has 0 unspecified atom stereocenters. The van der Waals surface area contributed by atoms with Gasteiger partial charge in [-0.2, -0.15) is 0 Å². The average Bonchev–Trinajstić information content (AvgIpc) is 3.00. The first-order chi connectivity index (χ1) is 8.99. The Hall–Kier alpha value is -1.67.